The van der Waals surface area contributed by atoms with Crippen LogP contribution in [0, 0.1) is 12.7 Å². The summed E-state index contributed by atoms with van der Waals surface area (Å²) in [6.07, 6.45) is 2.51. The van der Waals surface area contributed by atoms with Gasteiger partial charge in [-0.15, -0.1) is 0 Å². The fourth-order valence-electron chi connectivity index (χ4n) is 2.19. The number of benzene rings is 1. The van der Waals surface area contributed by atoms with Crippen LogP contribution < -0.4 is 5.32 Å². The van der Waals surface area contributed by atoms with Gasteiger partial charge in [0.2, 0.25) is 0 Å². The van der Waals surface area contributed by atoms with E-state index in [1.54, 1.807) is 25.3 Å². The first-order valence-electron chi connectivity index (χ1n) is 6.17. The molecule has 2 aromatic rings. The van der Waals surface area contributed by atoms with E-state index in [9.17, 15) is 4.39 Å². The molecule has 1 N–H and O–H groups in total. The van der Waals surface area contributed by atoms with E-state index in [4.69, 9.17) is 4.42 Å². The summed E-state index contributed by atoms with van der Waals surface area (Å²) in [6.45, 7) is 3.81. The summed E-state index contributed by atoms with van der Waals surface area (Å²) in [5.74, 6) is 0.768. The Bertz CT molecular complexity index is 533. The molecule has 1 unspecified atom stereocenters. The number of hydrogen-bond acceptors (Lipinski definition) is 2. The zero-order valence-electron chi connectivity index (χ0n) is 11.0. The van der Waals surface area contributed by atoms with Gasteiger partial charge in [0.25, 0.3) is 0 Å². The molecule has 0 saturated carbocycles. The van der Waals surface area contributed by atoms with Crippen LogP contribution >= 0.6 is 0 Å². The SMILES string of the molecule is CCc1occc1C(NC)c1ccc(C)c(F)c1. The van der Waals surface area contributed by atoms with Crippen LogP contribution in [0.15, 0.2) is 34.9 Å². The lowest BCUT2D eigenvalue weighted by Gasteiger charge is -2.17. The Morgan fingerprint density at radius 3 is 2.72 bits per heavy atom. The number of rotatable bonds is 4. The van der Waals surface area contributed by atoms with E-state index in [1.807, 2.05) is 26.1 Å². The van der Waals surface area contributed by atoms with Crippen molar-refractivity contribution < 1.29 is 8.81 Å². The van der Waals surface area contributed by atoms with Crippen LogP contribution in [0.3, 0.4) is 0 Å². The lowest BCUT2D eigenvalue weighted by Crippen LogP contribution is -2.18. The van der Waals surface area contributed by atoms with Gasteiger partial charge in [0.15, 0.2) is 0 Å². The van der Waals surface area contributed by atoms with Crippen molar-refractivity contribution in [3.8, 4) is 0 Å². The molecule has 1 aromatic carbocycles. The van der Waals surface area contributed by atoms with E-state index in [0.29, 0.717) is 5.56 Å². The average molecular weight is 247 g/mol. The molecule has 1 atom stereocenters. The Morgan fingerprint density at radius 1 is 1.33 bits per heavy atom. The molecule has 0 spiro atoms. The first-order chi connectivity index (χ1) is 8.67. The van der Waals surface area contributed by atoms with Crippen molar-refractivity contribution in [2.45, 2.75) is 26.3 Å². The molecular weight excluding hydrogens is 229 g/mol. The number of nitrogens with one attached hydrogen (secondary N) is 1. The molecule has 0 aliphatic rings. The molecule has 0 saturated heterocycles. The summed E-state index contributed by atoms with van der Waals surface area (Å²) >= 11 is 0. The lowest BCUT2D eigenvalue weighted by molar-refractivity contribution is 0.504. The van der Waals surface area contributed by atoms with E-state index in [0.717, 1.165) is 23.3 Å². The Kier molecular flexibility index (Phi) is 3.82. The summed E-state index contributed by atoms with van der Waals surface area (Å²) < 4.78 is 19.1. The summed E-state index contributed by atoms with van der Waals surface area (Å²) in [7, 11) is 1.87. The highest BCUT2D eigenvalue weighted by atomic mass is 19.1. The predicted octanol–water partition coefficient (Wildman–Crippen LogP) is 3.60. The molecule has 18 heavy (non-hydrogen) atoms. The van der Waals surface area contributed by atoms with Crippen molar-refractivity contribution in [2.75, 3.05) is 7.05 Å². The minimum atomic E-state index is -0.172. The monoisotopic (exact) mass is 247 g/mol. The third-order valence-corrected chi connectivity index (χ3v) is 3.23. The van der Waals surface area contributed by atoms with Gasteiger partial charge >= 0.3 is 0 Å². The van der Waals surface area contributed by atoms with Gasteiger partial charge in [-0.25, -0.2) is 4.39 Å². The molecular formula is C15H18FNO. The highest BCUT2D eigenvalue weighted by molar-refractivity contribution is 5.35. The van der Waals surface area contributed by atoms with Crippen LogP contribution in [0.4, 0.5) is 4.39 Å². The van der Waals surface area contributed by atoms with Crippen LogP contribution in [0.1, 0.15) is 35.4 Å². The zero-order valence-corrected chi connectivity index (χ0v) is 11.0. The molecule has 3 heteroatoms. The maximum absolute atomic E-state index is 13.6. The molecule has 0 fully saturated rings. The van der Waals surface area contributed by atoms with Crippen LogP contribution in [-0.2, 0) is 6.42 Å². The number of aryl methyl sites for hydroxylation is 2. The van der Waals surface area contributed by atoms with Crippen LogP contribution in [-0.4, -0.2) is 7.05 Å². The smallest absolute Gasteiger partial charge is 0.126 e. The van der Waals surface area contributed by atoms with Gasteiger partial charge in [-0.3, -0.25) is 0 Å². The van der Waals surface area contributed by atoms with Crippen LogP contribution in [0.2, 0.25) is 0 Å². The van der Waals surface area contributed by atoms with Gasteiger partial charge in [-0.2, -0.15) is 0 Å². The molecule has 1 aromatic heterocycles. The topological polar surface area (TPSA) is 25.2 Å². The fraction of sp³-hybridized carbons (Fsp3) is 0.333. The maximum Gasteiger partial charge on any atom is 0.126 e. The molecule has 0 aliphatic carbocycles. The zero-order chi connectivity index (χ0) is 13.1. The van der Waals surface area contributed by atoms with Crippen molar-refractivity contribution in [3.05, 3.63) is 58.8 Å². The second-order valence-electron chi connectivity index (χ2n) is 4.38. The van der Waals surface area contributed by atoms with Crippen molar-refractivity contribution in [3.63, 3.8) is 0 Å². The number of furan rings is 1. The minimum Gasteiger partial charge on any atom is -0.469 e. The standard InChI is InChI=1S/C15H18FNO/c1-4-14-12(7-8-18-14)15(17-3)11-6-5-10(2)13(16)9-11/h5-9,15,17H,4H2,1-3H3. The normalized spacial score (nSPS) is 12.7. The first kappa shape index (κ1) is 12.8. The van der Waals surface area contributed by atoms with Gasteiger partial charge in [0.1, 0.15) is 11.6 Å². The molecule has 96 valence electrons. The summed E-state index contributed by atoms with van der Waals surface area (Å²) in [4.78, 5) is 0. The second kappa shape index (κ2) is 5.36. The summed E-state index contributed by atoms with van der Waals surface area (Å²) in [5, 5.41) is 3.22. The van der Waals surface area contributed by atoms with E-state index >= 15 is 0 Å². The van der Waals surface area contributed by atoms with Gasteiger partial charge in [-0.1, -0.05) is 19.1 Å². The average Bonchev–Trinajstić information content (AvgIpc) is 2.83. The molecule has 0 radical (unpaired) electrons. The van der Waals surface area contributed by atoms with Crippen LogP contribution in [0.5, 0.6) is 0 Å². The van der Waals surface area contributed by atoms with E-state index in [-0.39, 0.29) is 11.9 Å². The quantitative estimate of drug-likeness (QED) is 0.893. The van der Waals surface area contributed by atoms with Crippen molar-refractivity contribution in [1.29, 1.82) is 0 Å². The Balaban J connectivity index is 2.42. The van der Waals surface area contributed by atoms with Gasteiger partial charge in [0.05, 0.1) is 12.3 Å². The third kappa shape index (κ3) is 2.31. The van der Waals surface area contributed by atoms with Gasteiger partial charge < -0.3 is 9.73 Å². The van der Waals surface area contributed by atoms with E-state index in [1.165, 1.54) is 0 Å². The number of hydrogen-bond donors (Lipinski definition) is 1. The van der Waals surface area contributed by atoms with Crippen molar-refractivity contribution in [2.24, 2.45) is 0 Å². The first-order valence-corrected chi connectivity index (χ1v) is 6.17. The Morgan fingerprint density at radius 2 is 2.11 bits per heavy atom. The second-order valence-corrected chi connectivity index (χ2v) is 4.38. The Hall–Kier alpha value is -1.61. The lowest BCUT2D eigenvalue weighted by atomic mass is 9.97. The molecule has 0 amide bonds. The number of halogens is 1. The molecule has 2 rings (SSSR count). The highest BCUT2D eigenvalue weighted by Gasteiger charge is 2.18. The molecule has 2 nitrogen and oxygen atoms in total. The maximum atomic E-state index is 13.6. The largest absolute Gasteiger partial charge is 0.469 e. The fourth-order valence-corrected chi connectivity index (χ4v) is 2.19. The van der Waals surface area contributed by atoms with Gasteiger partial charge in [0, 0.05) is 12.0 Å². The van der Waals surface area contributed by atoms with Crippen molar-refractivity contribution >= 4 is 0 Å². The van der Waals surface area contributed by atoms with Crippen molar-refractivity contribution in [1.82, 2.24) is 5.32 Å². The summed E-state index contributed by atoms with van der Waals surface area (Å²) in [6, 6.07) is 7.25. The third-order valence-electron chi connectivity index (χ3n) is 3.23. The van der Waals surface area contributed by atoms with Crippen LogP contribution in [0.25, 0.3) is 0 Å². The Labute approximate surface area is 107 Å². The predicted molar refractivity (Wildman–Crippen MR) is 70.1 cm³/mol. The van der Waals surface area contributed by atoms with E-state index < -0.39 is 0 Å². The highest BCUT2D eigenvalue weighted by Crippen LogP contribution is 2.27. The van der Waals surface area contributed by atoms with Gasteiger partial charge in [-0.05, 0) is 37.2 Å². The minimum absolute atomic E-state index is 0.0335. The molecule has 0 bridgehead atoms. The molecule has 1 heterocycles. The molecule has 0 aliphatic heterocycles. The summed E-state index contributed by atoms with van der Waals surface area (Å²) in [5.41, 5.74) is 2.65. The van der Waals surface area contributed by atoms with E-state index in [2.05, 4.69) is 5.32 Å².